The van der Waals surface area contributed by atoms with E-state index in [9.17, 15) is 0 Å². The van der Waals surface area contributed by atoms with Crippen molar-refractivity contribution in [3.8, 4) is 22.8 Å². The van der Waals surface area contributed by atoms with Crippen LogP contribution in [0.5, 0.6) is 11.5 Å². The maximum atomic E-state index is 5.84. The van der Waals surface area contributed by atoms with Crippen LogP contribution in [0.1, 0.15) is 10.6 Å². The Morgan fingerprint density at radius 3 is 2.78 bits per heavy atom. The molecular weight excluding hydrogens is 308 g/mol. The van der Waals surface area contributed by atoms with Crippen LogP contribution in [0, 0.1) is 0 Å². The zero-order valence-electron chi connectivity index (χ0n) is 12.5. The SMILES string of the molecule is Nc1cccc(-c2csc(Cc3ccc4c(c3)OCCO4)n2)c1. The van der Waals surface area contributed by atoms with Gasteiger partial charge in [-0.1, -0.05) is 18.2 Å². The number of anilines is 1. The van der Waals surface area contributed by atoms with Gasteiger partial charge in [-0.2, -0.15) is 0 Å². The Kier molecular flexibility index (Phi) is 3.63. The van der Waals surface area contributed by atoms with Gasteiger partial charge >= 0.3 is 0 Å². The van der Waals surface area contributed by atoms with Crippen LogP contribution in [0.25, 0.3) is 11.3 Å². The van der Waals surface area contributed by atoms with E-state index in [1.54, 1.807) is 11.3 Å². The molecule has 116 valence electrons. The largest absolute Gasteiger partial charge is 0.486 e. The lowest BCUT2D eigenvalue weighted by molar-refractivity contribution is 0.171. The topological polar surface area (TPSA) is 57.4 Å². The molecule has 2 N–H and O–H groups in total. The Bertz CT molecular complexity index is 845. The third-order valence-electron chi connectivity index (χ3n) is 3.70. The second-order valence-electron chi connectivity index (χ2n) is 5.41. The molecule has 0 saturated heterocycles. The van der Waals surface area contributed by atoms with E-state index in [-0.39, 0.29) is 0 Å². The number of ether oxygens (including phenoxy) is 2. The van der Waals surface area contributed by atoms with Crippen molar-refractivity contribution in [2.45, 2.75) is 6.42 Å². The molecule has 5 heteroatoms. The molecule has 23 heavy (non-hydrogen) atoms. The van der Waals surface area contributed by atoms with Crippen LogP contribution in [-0.2, 0) is 6.42 Å². The number of benzene rings is 2. The molecule has 0 bridgehead atoms. The predicted molar refractivity (Wildman–Crippen MR) is 92.2 cm³/mol. The van der Waals surface area contributed by atoms with Crippen molar-refractivity contribution in [2.75, 3.05) is 18.9 Å². The van der Waals surface area contributed by atoms with E-state index in [2.05, 4.69) is 11.4 Å². The predicted octanol–water partition coefficient (Wildman–Crippen LogP) is 3.75. The van der Waals surface area contributed by atoms with Gasteiger partial charge in [-0.15, -0.1) is 11.3 Å². The van der Waals surface area contributed by atoms with Crippen LogP contribution in [0.15, 0.2) is 47.8 Å². The van der Waals surface area contributed by atoms with Gasteiger partial charge in [0.15, 0.2) is 11.5 Å². The Labute approximate surface area is 138 Å². The summed E-state index contributed by atoms with van der Waals surface area (Å²) in [5.41, 5.74) is 9.78. The number of hydrogen-bond acceptors (Lipinski definition) is 5. The molecule has 0 radical (unpaired) electrons. The molecule has 3 aromatic rings. The molecule has 4 rings (SSSR count). The van der Waals surface area contributed by atoms with E-state index >= 15 is 0 Å². The number of hydrogen-bond donors (Lipinski definition) is 1. The van der Waals surface area contributed by atoms with Crippen LogP contribution >= 0.6 is 11.3 Å². The minimum Gasteiger partial charge on any atom is -0.486 e. The summed E-state index contributed by atoms with van der Waals surface area (Å²) in [5.74, 6) is 1.64. The summed E-state index contributed by atoms with van der Waals surface area (Å²) in [5, 5.41) is 3.14. The molecule has 2 heterocycles. The van der Waals surface area contributed by atoms with Crippen molar-refractivity contribution < 1.29 is 9.47 Å². The molecule has 4 nitrogen and oxygen atoms in total. The van der Waals surface area contributed by atoms with Crippen LogP contribution < -0.4 is 15.2 Å². The number of thiazole rings is 1. The fraction of sp³-hybridized carbons (Fsp3) is 0.167. The Morgan fingerprint density at radius 2 is 1.91 bits per heavy atom. The number of nitrogen functional groups attached to an aromatic ring is 1. The van der Waals surface area contributed by atoms with Gasteiger partial charge in [-0.3, -0.25) is 0 Å². The summed E-state index contributed by atoms with van der Waals surface area (Å²) in [4.78, 5) is 4.72. The summed E-state index contributed by atoms with van der Waals surface area (Å²) < 4.78 is 11.2. The molecule has 0 unspecified atom stereocenters. The van der Waals surface area contributed by atoms with E-state index < -0.39 is 0 Å². The standard InChI is InChI=1S/C18H16N2O2S/c19-14-3-1-2-13(10-14)15-11-23-18(20-15)9-12-4-5-16-17(8-12)22-7-6-21-16/h1-5,8,10-11H,6-7,9,19H2. The van der Waals surface area contributed by atoms with Crippen molar-refractivity contribution in [1.82, 2.24) is 4.98 Å². The van der Waals surface area contributed by atoms with E-state index in [1.807, 2.05) is 36.4 Å². The molecule has 0 spiro atoms. The lowest BCUT2D eigenvalue weighted by atomic mass is 10.1. The van der Waals surface area contributed by atoms with Gasteiger partial charge in [0.05, 0.1) is 10.7 Å². The number of fused-ring (bicyclic) bond motifs is 1. The van der Waals surface area contributed by atoms with Crippen molar-refractivity contribution in [3.63, 3.8) is 0 Å². The third-order valence-corrected chi connectivity index (χ3v) is 4.54. The molecule has 1 aliphatic rings. The third kappa shape index (κ3) is 3.00. The molecule has 0 atom stereocenters. The summed E-state index contributed by atoms with van der Waals surface area (Å²) in [6.07, 6.45) is 0.781. The molecular formula is C18H16N2O2S. The highest BCUT2D eigenvalue weighted by molar-refractivity contribution is 7.10. The Hall–Kier alpha value is -2.53. The zero-order chi connectivity index (χ0) is 15.6. The Balaban J connectivity index is 1.56. The minimum atomic E-state index is 0.604. The molecule has 1 aliphatic heterocycles. The van der Waals surface area contributed by atoms with E-state index in [1.165, 1.54) is 5.56 Å². The maximum Gasteiger partial charge on any atom is 0.161 e. The summed E-state index contributed by atoms with van der Waals surface area (Å²) >= 11 is 1.66. The Morgan fingerprint density at radius 1 is 1.04 bits per heavy atom. The van der Waals surface area contributed by atoms with E-state index in [0.29, 0.717) is 13.2 Å². The number of aromatic nitrogens is 1. The molecule has 0 amide bonds. The van der Waals surface area contributed by atoms with Crippen molar-refractivity contribution in [1.29, 1.82) is 0 Å². The average molecular weight is 324 g/mol. The second-order valence-corrected chi connectivity index (χ2v) is 6.35. The lowest BCUT2D eigenvalue weighted by Gasteiger charge is -2.18. The molecule has 1 aromatic heterocycles. The molecule has 2 aromatic carbocycles. The van der Waals surface area contributed by atoms with Gasteiger partial charge in [0, 0.05) is 23.1 Å². The fourth-order valence-electron chi connectivity index (χ4n) is 2.60. The van der Waals surface area contributed by atoms with E-state index in [0.717, 1.165) is 39.9 Å². The van der Waals surface area contributed by atoms with Gasteiger partial charge in [-0.05, 0) is 29.8 Å². The van der Waals surface area contributed by atoms with E-state index in [4.69, 9.17) is 20.2 Å². The van der Waals surface area contributed by atoms with Gasteiger partial charge in [-0.25, -0.2) is 4.98 Å². The quantitative estimate of drug-likeness (QED) is 0.745. The van der Waals surface area contributed by atoms with Crippen molar-refractivity contribution >= 4 is 17.0 Å². The molecule has 0 fully saturated rings. The summed E-state index contributed by atoms with van der Waals surface area (Å²) in [7, 11) is 0. The first-order chi connectivity index (χ1) is 11.3. The van der Waals surface area contributed by atoms with Crippen molar-refractivity contribution in [2.24, 2.45) is 0 Å². The normalized spacial score (nSPS) is 13.0. The summed E-state index contributed by atoms with van der Waals surface area (Å²) in [6.45, 7) is 1.22. The average Bonchev–Trinajstić information content (AvgIpc) is 3.03. The van der Waals surface area contributed by atoms with Crippen LogP contribution in [-0.4, -0.2) is 18.2 Å². The van der Waals surface area contributed by atoms with Crippen LogP contribution in [0.4, 0.5) is 5.69 Å². The summed E-state index contributed by atoms with van der Waals surface area (Å²) in [6, 6.07) is 13.9. The number of nitrogens with two attached hydrogens (primary N) is 1. The first kappa shape index (κ1) is 14.1. The second kappa shape index (κ2) is 5.93. The number of nitrogens with zero attached hydrogens (tertiary/aromatic N) is 1. The highest BCUT2D eigenvalue weighted by atomic mass is 32.1. The first-order valence-electron chi connectivity index (χ1n) is 7.47. The van der Waals surface area contributed by atoms with Crippen LogP contribution in [0.3, 0.4) is 0 Å². The highest BCUT2D eigenvalue weighted by Gasteiger charge is 2.13. The molecule has 0 saturated carbocycles. The van der Waals surface area contributed by atoms with Gasteiger partial charge < -0.3 is 15.2 Å². The highest BCUT2D eigenvalue weighted by Crippen LogP contribution is 2.32. The fourth-order valence-corrected chi connectivity index (χ4v) is 3.43. The first-order valence-corrected chi connectivity index (χ1v) is 8.35. The van der Waals surface area contributed by atoms with Gasteiger partial charge in [0.2, 0.25) is 0 Å². The lowest BCUT2D eigenvalue weighted by Crippen LogP contribution is -2.15. The van der Waals surface area contributed by atoms with Crippen molar-refractivity contribution in [3.05, 3.63) is 58.4 Å². The maximum absolute atomic E-state index is 5.84. The monoisotopic (exact) mass is 324 g/mol. The zero-order valence-corrected chi connectivity index (χ0v) is 13.3. The number of rotatable bonds is 3. The minimum absolute atomic E-state index is 0.604. The van der Waals surface area contributed by atoms with Gasteiger partial charge in [0.1, 0.15) is 13.2 Å². The van der Waals surface area contributed by atoms with Crippen LogP contribution in [0.2, 0.25) is 0 Å². The van der Waals surface area contributed by atoms with Gasteiger partial charge in [0.25, 0.3) is 0 Å². The smallest absolute Gasteiger partial charge is 0.161 e. The molecule has 0 aliphatic carbocycles.